The van der Waals surface area contributed by atoms with Gasteiger partial charge in [0.05, 0.1) is 5.75 Å². The number of hydrogen-bond acceptors (Lipinski definition) is 4. The van der Waals surface area contributed by atoms with Crippen LogP contribution >= 0.6 is 0 Å². The molecule has 0 saturated carbocycles. The van der Waals surface area contributed by atoms with Crippen LogP contribution in [0.25, 0.3) is 0 Å². The minimum atomic E-state index is -3.14. The van der Waals surface area contributed by atoms with Crippen LogP contribution in [0, 0.1) is 0 Å². The molecule has 96 valence electrons. The number of rotatable bonds is 7. The predicted octanol–water partition coefficient (Wildman–Crippen LogP) is 0.671. The molecule has 0 aliphatic rings. The third-order valence-electron chi connectivity index (χ3n) is 2.37. The van der Waals surface area contributed by atoms with Gasteiger partial charge in [-0.25, -0.2) is 13.1 Å². The number of aromatic nitrogens is 1. The molecule has 1 atom stereocenters. The molecule has 0 bridgehead atoms. The summed E-state index contributed by atoms with van der Waals surface area (Å²) in [5.41, 5.74) is 1.05. The summed E-state index contributed by atoms with van der Waals surface area (Å²) in [4.78, 5) is 4.02. The molecule has 17 heavy (non-hydrogen) atoms. The minimum Gasteiger partial charge on any atom is -0.309 e. The van der Waals surface area contributed by atoms with E-state index in [0.717, 1.165) is 5.56 Å². The molecule has 0 radical (unpaired) electrons. The molecule has 0 aliphatic carbocycles. The Morgan fingerprint density at radius 3 is 2.82 bits per heavy atom. The van der Waals surface area contributed by atoms with E-state index in [0.29, 0.717) is 13.1 Å². The normalized spacial score (nSPS) is 13.5. The van der Waals surface area contributed by atoms with Gasteiger partial charge in [-0.1, -0.05) is 13.0 Å². The first kappa shape index (κ1) is 14.1. The van der Waals surface area contributed by atoms with E-state index >= 15 is 0 Å². The molecule has 2 N–H and O–H groups in total. The number of pyridine rings is 1. The zero-order chi connectivity index (χ0) is 12.7. The first-order valence-electron chi connectivity index (χ1n) is 5.66. The highest BCUT2D eigenvalue weighted by molar-refractivity contribution is 7.89. The maximum atomic E-state index is 11.4. The first-order valence-corrected chi connectivity index (χ1v) is 7.31. The third kappa shape index (κ3) is 5.25. The van der Waals surface area contributed by atoms with Gasteiger partial charge in [0.15, 0.2) is 0 Å². The van der Waals surface area contributed by atoms with Gasteiger partial charge < -0.3 is 5.32 Å². The van der Waals surface area contributed by atoms with Gasteiger partial charge >= 0.3 is 0 Å². The molecule has 5 nitrogen and oxygen atoms in total. The Morgan fingerprint density at radius 2 is 2.24 bits per heavy atom. The number of sulfonamides is 1. The summed E-state index contributed by atoms with van der Waals surface area (Å²) >= 11 is 0. The van der Waals surface area contributed by atoms with Crippen LogP contribution in [-0.4, -0.2) is 32.2 Å². The lowest BCUT2D eigenvalue weighted by Crippen LogP contribution is -2.32. The van der Waals surface area contributed by atoms with Crippen LogP contribution in [0.3, 0.4) is 0 Å². The fraction of sp³-hybridized carbons (Fsp3) is 0.545. The summed E-state index contributed by atoms with van der Waals surface area (Å²) in [5.74, 6) is 0.0887. The third-order valence-corrected chi connectivity index (χ3v) is 3.84. The van der Waals surface area contributed by atoms with Crippen molar-refractivity contribution in [2.45, 2.75) is 19.9 Å². The maximum absolute atomic E-state index is 11.4. The Hall–Kier alpha value is -0.980. The molecule has 1 unspecified atom stereocenters. The van der Waals surface area contributed by atoms with Gasteiger partial charge in [-0.05, 0) is 18.6 Å². The quantitative estimate of drug-likeness (QED) is 0.753. The molecule has 0 spiro atoms. The lowest BCUT2D eigenvalue weighted by molar-refractivity contribution is 0.563. The number of hydrogen-bond donors (Lipinski definition) is 2. The maximum Gasteiger partial charge on any atom is 0.212 e. The summed E-state index contributed by atoms with van der Waals surface area (Å²) in [7, 11) is -3.14. The van der Waals surface area contributed by atoms with Gasteiger partial charge in [0, 0.05) is 31.5 Å². The molecular weight excluding hydrogens is 238 g/mol. The summed E-state index contributed by atoms with van der Waals surface area (Å²) in [6.45, 7) is 4.60. The second-order valence-electron chi connectivity index (χ2n) is 3.78. The summed E-state index contributed by atoms with van der Waals surface area (Å²) in [6.07, 6.45) is 3.49. The van der Waals surface area contributed by atoms with Crippen molar-refractivity contribution in [2.24, 2.45) is 0 Å². The molecule has 6 heteroatoms. The molecule has 1 heterocycles. The first-order chi connectivity index (χ1) is 8.05. The lowest BCUT2D eigenvalue weighted by Gasteiger charge is -2.13. The lowest BCUT2D eigenvalue weighted by atomic mass is 10.1. The molecule has 0 saturated heterocycles. The Morgan fingerprint density at radius 1 is 1.47 bits per heavy atom. The van der Waals surface area contributed by atoms with E-state index in [1.54, 1.807) is 19.3 Å². The van der Waals surface area contributed by atoms with Crippen LogP contribution in [0.1, 0.15) is 25.5 Å². The Labute approximate surface area is 103 Å². The van der Waals surface area contributed by atoms with Gasteiger partial charge in [0.2, 0.25) is 10.0 Å². The van der Waals surface area contributed by atoms with E-state index in [1.165, 1.54) is 0 Å². The number of nitrogens with one attached hydrogen (secondary N) is 2. The highest BCUT2D eigenvalue weighted by Gasteiger charge is 2.09. The van der Waals surface area contributed by atoms with Crippen molar-refractivity contribution in [3.05, 3.63) is 30.1 Å². The molecule has 0 aliphatic heterocycles. The molecule has 1 aromatic heterocycles. The average molecular weight is 257 g/mol. The molecule has 0 amide bonds. The summed E-state index contributed by atoms with van der Waals surface area (Å²) in [5, 5.41) is 3.15. The van der Waals surface area contributed by atoms with E-state index in [4.69, 9.17) is 0 Å². The zero-order valence-corrected chi connectivity index (χ0v) is 11.0. The SMILES string of the molecule is CCNS(=O)(=O)CCNC(C)c1cccnc1. The van der Waals surface area contributed by atoms with Crippen LogP contribution in [0.4, 0.5) is 0 Å². The van der Waals surface area contributed by atoms with Gasteiger partial charge in [-0.15, -0.1) is 0 Å². The minimum absolute atomic E-state index is 0.0887. The van der Waals surface area contributed by atoms with Crippen LogP contribution in [0.15, 0.2) is 24.5 Å². The molecular formula is C11H19N3O2S. The smallest absolute Gasteiger partial charge is 0.212 e. The average Bonchev–Trinajstić information content (AvgIpc) is 2.29. The van der Waals surface area contributed by atoms with E-state index in [-0.39, 0.29) is 11.8 Å². The second kappa shape index (κ2) is 6.68. The van der Waals surface area contributed by atoms with Crippen molar-refractivity contribution < 1.29 is 8.42 Å². The standard InChI is InChI=1S/C11H19N3O2S/c1-3-14-17(15,16)8-7-13-10(2)11-5-4-6-12-9-11/h4-6,9-10,13-14H,3,7-8H2,1-2H3. The molecule has 1 aromatic rings. The highest BCUT2D eigenvalue weighted by atomic mass is 32.2. The van der Waals surface area contributed by atoms with E-state index in [9.17, 15) is 8.42 Å². The van der Waals surface area contributed by atoms with Gasteiger partial charge in [0.1, 0.15) is 0 Å². The number of nitrogens with zero attached hydrogens (tertiary/aromatic N) is 1. The van der Waals surface area contributed by atoms with Crippen molar-refractivity contribution >= 4 is 10.0 Å². The van der Waals surface area contributed by atoms with Crippen molar-refractivity contribution in [1.82, 2.24) is 15.0 Å². The second-order valence-corrected chi connectivity index (χ2v) is 5.71. The fourth-order valence-electron chi connectivity index (χ4n) is 1.45. The van der Waals surface area contributed by atoms with Crippen molar-refractivity contribution in [2.75, 3.05) is 18.8 Å². The Kier molecular flexibility index (Phi) is 5.54. The molecule has 0 aromatic carbocycles. The topological polar surface area (TPSA) is 71.1 Å². The van der Waals surface area contributed by atoms with Crippen molar-refractivity contribution in [3.63, 3.8) is 0 Å². The van der Waals surface area contributed by atoms with Crippen LogP contribution < -0.4 is 10.0 Å². The van der Waals surface area contributed by atoms with Crippen LogP contribution in [0.5, 0.6) is 0 Å². The fourth-order valence-corrected chi connectivity index (χ4v) is 2.42. The van der Waals surface area contributed by atoms with Crippen LogP contribution in [0.2, 0.25) is 0 Å². The van der Waals surface area contributed by atoms with Gasteiger partial charge in [-0.2, -0.15) is 0 Å². The summed E-state index contributed by atoms with van der Waals surface area (Å²) in [6, 6.07) is 3.92. The van der Waals surface area contributed by atoms with E-state index in [1.807, 2.05) is 19.1 Å². The molecule has 1 rings (SSSR count). The zero-order valence-electron chi connectivity index (χ0n) is 10.2. The van der Waals surface area contributed by atoms with Gasteiger partial charge in [-0.3, -0.25) is 4.98 Å². The van der Waals surface area contributed by atoms with Crippen molar-refractivity contribution in [1.29, 1.82) is 0 Å². The van der Waals surface area contributed by atoms with Crippen LogP contribution in [-0.2, 0) is 10.0 Å². The van der Waals surface area contributed by atoms with E-state index in [2.05, 4.69) is 15.0 Å². The molecule has 0 fully saturated rings. The highest BCUT2D eigenvalue weighted by Crippen LogP contribution is 2.08. The monoisotopic (exact) mass is 257 g/mol. The Balaban J connectivity index is 2.37. The summed E-state index contributed by atoms with van der Waals surface area (Å²) < 4.78 is 25.2. The largest absolute Gasteiger partial charge is 0.309 e. The predicted molar refractivity (Wildman–Crippen MR) is 68.1 cm³/mol. The van der Waals surface area contributed by atoms with Gasteiger partial charge in [0.25, 0.3) is 0 Å². The van der Waals surface area contributed by atoms with E-state index < -0.39 is 10.0 Å². The Bertz CT molecular complexity index is 420. The van der Waals surface area contributed by atoms with Crippen molar-refractivity contribution in [3.8, 4) is 0 Å².